The SMILES string of the molecule is CC(C)(C)OC(=O)N[C@@H]1CCCc2cc(CN3CCC(F)CC3)ccc21.CC(C)(C)OC(=O)N[C@@H]1CCCc2cc(COS(C)(=O)=O)ccc21.N[C@@H]1CCCc2cc(CN3CCC(F)CC3)ccc21. The summed E-state index contributed by atoms with van der Waals surface area (Å²) in [5, 5.41) is 5.94. The number of nitrogens with zero attached hydrogens (tertiary/aromatic N) is 2. The maximum Gasteiger partial charge on any atom is 0.408 e. The molecule has 15 heteroatoms. The third-order valence-electron chi connectivity index (χ3n) is 13.3. The van der Waals surface area contributed by atoms with Gasteiger partial charge in [-0.15, -0.1) is 0 Å². The van der Waals surface area contributed by atoms with Crippen LogP contribution >= 0.6 is 0 Å². The van der Waals surface area contributed by atoms with Gasteiger partial charge in [0.15, 0.2) is 0 Å². The molecule has 3 aliphatic carbocycles. The van der Waals surface area contributed by atoms with Crippen molar-refractivity contribution in [1.29, 1.82) is 0 Å². The third-order valence-corrected chi connectivity index (χ3v) is 13.8. The van der Waals surface area contributed by atoms with E-state index < -0.39 is 39.8 Å². The number of alkyl carbamates (subject to hydrolysis) is 2. The predicted octanol–water partition coefficient (Wildman–Crippen LogP) is 10.5. The normalized spacial score (nSPS) is 21.4. The fourth-order valence-corrected chi connectivity index (χ4v) is 10.3. The predicted molar refractivity (Wildman–Crippen MR) is 268 cm³/mol. The minimum Gasteiger partial charge on any atom is -0.444 e. The van der Waals surface area contributed by atoms with Gasteiger partial charge in [-0.3, -0.25) is 14.0 Å². The number of amides is 2. The summed E-state index contributed by atoms with van der Waals surface area (Å²) in [4.78, 5) is 28.8. The first-order valence-corrected chi connectivity index (χ1v) is 27.0. The van der Waals surface area contributed by atoms with Crippen LogP contribution in [0.3, 0.4) is 0 Å². The van der Waals surface area contributed by atoms with Crippen LogP contribution in [0.4, 0.5) is 18.4 Å². The monoisotopic (exact) mass is 980 g/mol. The van der Waals surface area contributed by atoms with Gasteiger partial charge in [-0.2, -0.15) is 8.42 Å². The van der Waals surface area contributed by atoms with Gasteiger partial charge in [-0.05, 0) is 175 Å². The van der Waals surface area contributed by atoms with Crippen LogP contribution in [0.5, 0.6) is 0 Å². The number of alkyl halides is 2. The average Bonchev–Trinajstić information content (AvgIpc) is 3.26. The molecule has 4 N–H and O–H groups in total. The minimum atomic E-state index is -3.46. The molecule has 3 aromatic rings. The summed E-state index contributed by atoms with van der Waals surface area (Å²) < 4.78 is 64.2. The zero-order valence-electron chi connectivity index (χ0n) is 42.2. The van der Waals surface area contributed by atoms with E-state index in [1.54, 1.807) is 0 Å². The summed E-state index contributed by atoms with van der Waals surface area (Å²) in [6, 6.07) is 19.1. The number of hydrogen-bond acceptors (Lipinski definition) is 10. The van der Waals surface area contributed by atoms with E-state index in [0.29, 0.717) is 25.7 Å². The van der Waals surface area contributed by atoms with Gasteiger partial charge in [0, 0.05) is 45.3 Å². The summed E-state index contributed by atoms with van der Waals surface area (Å²) in [5.41, 5.74) is 16.0. The van der Waals surface area contributed by atoms with Crippen LogP contribution in [-0.4, -0.2) is 86.4 Å². The van der Waals surface area contributed by atoms with E-state index >= 15 is 0 Å². The summed E-state index contributed by atoms with van der Waals surface area (Å²) in [7, 11) is -3.46. The topological polar surface area (TPSA) is 153 Å². The molecule has 2 aliphatic heterocycles. The highest BCUT2D eigenvalue weighted by atomic mass is 32.2. The number of carbonyl (C=O) groups is 2. The van der Waals surface area contributed by atoms with E-state index in [1.807, 2.05) is 59.7 Å². The molecule has 0 unspecified atom stereocenters. The van der Waals surface area contributed by atoms with Crippen molar-refractivity contribution in [3.05, 3.63) is 105 Å². The third kappa shape index (κ3) is 17.9. The number of aryl methyl sites for hydroxylation is 3. The van der Waals surface area contributed by atoms with Gasteiger partial charge < -0.3 is 25.8 Å². The van der Waals surface area contributed by atoms with Crippen molar-refractivity contribution in [2.75, 3.05) is 32.4 Å². The van der Waals surface area contributed by atoms with Crippen LogP contribution in [-0.2, 0) is 62.7 Å². The van der Waals surface area contributed by atoms with Crippen molar-refractivity contribution in [2.24, 2.45) is 5.73 Å². The molecule has 0 spiro atoms. The lowest BCUT2D eigenvalue weighted by Gasteiger charge is -2.30. The lowest BCUT2D eigenvalue weighted by atomic mass is 9.86. The van der Waals surface area contributed by atoms with E-state index in [4.69, 9.17) is 19.4 Å². The highest BCUT2D eigenvalue weighted by molar-refractivity contribution is 7.85. The van der Waals surface area contributed by atoms with Crippen LogP contribution in [0.25, 0.3) is 0 Å². The van der Waals surface area contributed by atoms with Crippen molar-refractivity contribution >= 4 is 22.3 Å². The molecular weight excluding hydrogens is 901 g/mol. The molecular formula is C54H79F2N5O7S. The second-order valence-corrected chi connectivity index (χ2v) is 23.3. The number of rotatable bonds is 9. The molecule has 5 aliphatic rings. The number of carbonyl (C=O) groups excluding carboxylic acids is 2. The molecule has 3 aromatic carbocycles. The van der Waals surface area contributed by atoms with Gasteiger partial charge in [-0.25, -0.2) is 18.4 Å². The molecule has 0 aromatic heterocycles. The Morgan fingerprint density at radius 3 is 1.41 bits per heavy atom. The van der Waals surface area contributed by atoms with Crippen molar-refractivity contribution in [1.82, 2.24) is 20.4 Å². The summed E-state index contributed by atoms with van der Waals surface area (Å²) in [6.45, 7) is 16.4. The van der Waals surface area contributed by atoms with E-state index in [2.05, 4.69) is 56.8 Å². The molecule has 2 amide bonds. The Labute approximate surface area is 410 Å². The summed E-state index contributed by atoms with van der Waals surface area (Å²) in [6.07, 6.45) is 10.9. The lowest BCUT2D eigenvalue weighted by Crippen LogP contribution is -2.36. The van der Waals surface area contributed by atoms with E-state index in [1.165, 1.54) is 39.8 Å². The van der Waals surface area contributed by atoms with Crippen molar-refractivity contribution in [3.63, 3.8) is 0 Å². The van der Waals surface area contributed by atoms with Crippen LogP contribution in [0.1, 0.15) is 174 Å². The highest BCUT2D eigenvalue weighted by Crippen LogP contribution is 2.33. The standard InChI is InChI=1S/C21H31FN2O2.C17H25NO5S.C16H23FN2/c1-21(2,3)26-20(25)23-19-6-4-5-16-13-15(7-8-18(16)19)14-24-11-9-17(22)10-12-24;1-17(2,3)23-16(19)18-15-7-5-6-13-10-12(8-9-14(13)15)11-22-24(4,20)21;17-14-6-8-19(9-7-14)11-12-4-5-15-13(10-12)2-1-3-16(15)18/h7-8,13,17,19H,4-6,9-12,14H2,1-3H3,(H,23,25);8-10,15H,5-7,11H2,1-4H3,(H,18,19);4-5,10,14,16H,1-3,6-9,11,18H2/t19-;15-;16-/m111/s1. The summed E-state index contributed by atoms with van der Waals surface area (Å²) in [5.74, 6) is 0. The average molecular weight is 980 g/mol. The number of piperidine rings is 2. The Kier molecular flexibility index (Phi) is 19.1. The molecule has 12 nitrogen and oxygen atoms in total. The maximum absolute atomic E-state index is 13.3. The zero-order valence-corrected chi connectivity index (χ0v) is 43.0. The first kappa shape index (κ1) is 54.2. The Morgan fingerprint density at radius 2 is 0.986 bits per heavy atom. The van der Waals surface area contributed by atoms with Crippen LogP contribution in [0.2, 0.25) is 0 Å². The van der Waals surface area contributed by atoms with Crippen LogP contribution in [0.15, 0.2) is 54.6 Å². The lowest BCUT2D eigenvalue weighted by molar-refractivity contribution is 0.0487. The van der Waals surface area contributed by atoms with Gasteiger partial charge >= 0.3 is 12.2 Å². The second-order valence-electron chi connectivity index (χ2n) is 21.6. The largest absolute Gasteiger partial charge is 0.444 e. The Balaban J connectivity index is 0.000000172. The number of halogens is 2. The van der Waals surface area contributed by atoms with Crippen molar-refractivity contribution in [3.8, 4) is 0 Å². The molecule has 0 saturated carbocycles. The number of nitrogens with two attached hydrogens (primary N) is 1. The van der Waals surface area contributed by atoms with Crippen molar-refractivity contribution < 1.29 is 40.4 Å². The quantitative estimate of drug-likeness (QED) is 0.177. The van der Waals surface area contributed by atoms with Gasteiger partial charge in [0.1, 0.15) is 23.5 Å². The molecule has 382 valence electrons. The molecule has 0 radical (unpaired) electrons. The Hall–Kier alpha value is -4.15. The van der Waals surface area contributed by atoms with Gasteiger partial charge in [0.05, 0.1) is 24.9 Å². The Bertz CT molecular complexity index is 2280. The Morgan fingerprint density at radius 1 is 0.609 bits per heavy atom. The first-order chi connectivity index (χ1) is 32.6. The number of likely N-dealkylation sites (tertiary alicyclic amines) is 2. The minimum absolute atomic E-state index is 0.0185. The first-order valence-electron chi connectivity index (χ1n) is 25.2. The smallest absolute Gasteiger partial charge is 0.408 e. The molecule has 69 heavy (non-hydrogen) atoms. The van der Waals surface area contributed by atoms with E-state index in [9.17, 15) is 26.8 Å². The van der Waals surface area contributed by atoms with Crippen LogP contribution < -0.4 is 16.4 Å². The fourth-order valence-electron chi connectivity index (χ4n) is 9.94. The van der Waals surface area contributed by atoms with E-state index in [0.717, 1.165) is 114 Å². The number of fused-ring (bicyclic) bond motifs is 3. The fraction of sp³-hybridized carbons (Fsp3) is 0.630. The molecule has 3 atom stereocenters. The zero-order chi connectivity index (χ0) is 49.9. The molecule has 8 rings (SSSR count). The number of nitrogens with one attached hydrogen (secondary N) is 2. The highest BCUT2D eigenvalue weighted by Gasteiger charge is 2.28. The van der Waals surface area contributed by atoms with Crippen molar-refractivity contribution in [2.45, 2.75) is 186 Å². The van der Waals surface area contributed by atoms with E-state index in [-0.39, 0.29) is 30.8 Å². The van der Waals surface area contributed by atoms with Gasteiger partial charge in [0.25, 0.3) is 10.1 Å². The van der Waals surface area contributed by atoms with Gasteiger partial charge in [-0.1, -0.05) is 54.6 Å². The van der Waals surface area contributed by atoms with Gasteiger partial charge in [0.2, 0.25) is 0 Å². The number of ether oxygens (including phenoxy) is 2. The molecule has 2 fully saturated rings. The maximum atomic E-state index is 13.3. The number of hydrogen-bond donors (Lipinski definition) is 3. The number of benzene rings is 3. The van der Waals surface area contributed by atoms with Crippen LogP contribution in [0, 0.1) is 0 Å². The molecule has 0 bridgehead atoms. The second kappa shape index (κ2) is 24.3. The molecule has 2 saturated heterocycles. The summed E-state index contributed by atoms with van der Waals surface area (Å²) >= 11 is 0. The molecule has 2 heterocycles.